The highest BCUT2D eigenvalue weighted by Gasteiger charge is 2.12. The van der Waals surface area contributed by atoms with Crippen LogP contribution in [0.5, 0.6) is 11.5 Å². The molecule has 134 valence electrons. The minimum atomic E-state index is -0.544. The standard InChI is InChI=1S/C18H16N2O6/c1-22-13-7-5-12(10-15(13)23-2)6-8-17(21)25-11-16-19-20-18(26-16)14-4-3-9-24-14/h3-10H,11H2,1-2H3/b8-6+. The third-order valence-electron chi connectivity index (χ3n) is 3.36. The second-order valence-electron chi connectivity index (χ2n) is 5.03. The molecule has 0 bridgehead atoms. The predicted octanol–water partition coefficient (Wildman–Crippen LogP) is 3.10. The molecule has 0 aliphatic carbocycles. The summed E-state index contributed by atoms with van der Waals surface area (Å²) in [6, 6.07) is 8.68. The van der Waals surface area contributed by atoms with Crippen LogP contribution in [0, 0.1) is 0 Å². The lowest BCUT2D eigenvalue weighted by atomic mass is 10.2. The summed E-state index contributed by atoms with van der Waals surface area (Å²) >= 11 is 0. The van der Waals surface area contributed by atoms with Gasteiger partial charge in [0, 0.05) is 6.08 Å². The summed E-state index contributed by atoms with van der Waals surface area (Å²) < 4.78 is 25.9. The van der Waals surface area contributed by atoms with Gasteiger partial charge in [-0.25, -0.2) is 4.79 Å². The van der Waals surface area contributed by atoms with Gasteiger partial charge in [0.05, 0.1) is 20.5 Å². The molecule has 0 aliphatic rings. The van der Waals surface area contributed by atoms with Gasteiger partial charge >= 0.3 is 5.97 Å². The molecule has 0 saturated heterocycles. The Labute approximate surface area is 149 Å². The second-order valence-corrected chi connectivity index (χ2v) is 5.03. The molecule has 0 N–H and O–H groups in total. The van der Waals surface area contributed by atoms with Crippen molar-refractivity contribution in [1.29, 1.82) is 0 Å². The van der Waals surface area contributed by atoms with E-state index in [4.69, 9.17) is 23.0 Å². The third-order valence-corrected chi connectivity index (χ3v) is 3.36. The molecule has 0 fully saturated rings. The van der Waals surface area contributed by atoms with E-state index < -0.39 is 5.97 Å². The molecule has 26 heavy (non-hydrogen) atoms. The number of nitrogens with zero attached hydrogens (tertiary/aromatic N) is 2. The number of ether oxygens (including phenoxy) is 3. The monoisotopic (exact) mass is 356 g/mol. The van der Waals surface area contributed by atoms with Crippen LogP contribution in [0.1, 0.15) is 11.5 Å². The Morgan fingerprint density at radius 2 is 2.00 bits per heavy atom. The van der Waals surface area contributed by atoms with E-state index in [9.17, 15) is 4.79 Å². The fourth-order valence-corrected chi connectivity index (χ4v) is 2.11. The first-order valence-electron chi connectivity index (χ1n) is 7.62. The first-order chi connectivity index (χ1) is 12.7. The minimum Gasteiger partial charge on any atom is -0.493 e. The highest BCUT2D eigenvalue weighted by atomic mass is 16.5. The van der Waals surface area contributed by atoms with Crippen molar-refractivity contribution in [2.45, 2.75) is 6.61 Å². The van der Waals surface area contributed by atoms with Crippen molar-refractivity contribution in [1.82, 2.24) is 10.2 Å². The van der Waals surface area contributed by atoms with E-state index >= 15 is 0 Å². The Morgan fingerprint density at radius 3 is 2.73 bits per heavy atom. The van der Waals surface area contributed by atoms with Gasteiger partial charge in [0.25, 0.3) is 11.8 Å². The zero-order valence-corrected chi connectivity index (χ0v) is 14.2. The molecule has 2 heterocycles. The Morgan fingerprint density at radius 1 is 1.15 bits per heavy atom. The normalized spacial score (nSPS) is 10.8. The molecule has 0 saturated carbocycles. The number of esters is 1. The summed E-state index contributed by atoms with van der Waals surface area (Å²) in [6.45, 7) is -0.136. The molecule has 0 amide bonds. The summed E-state index contributed by atoms with van der Waals surface area (Å²) in [7, 11) is 3.10. The van der Waals surface area contributed by atoms with E-state index in [1.807, 2.05) is 0 Å². The maximum atomic E-state index is 11.8. The van der Waals surface area contributed by atoms with Gasteiger partial charge in [-0.2, -0.15) is 0 Å². The molecular formula is C18H16N2O6. The number of furan rings is 1. The average molecular weight is 356 g/mol. The topological polar surface area (TPSA) is 96.8 Å². The summed E-state index contributed by atoms with van der Waals surface area (Å²) in [6.07, 6.45) is 4.40. The molecule has 2 aromatic heterocycles. The van der Waals surface area contributed by atoms with Gasteiger partial charge < -0.3 is 23.0 Å². The SMILES string of the molecule is COc1ccc(/C=C/C(=O)OCc2nnc(-c3ccco3)o2)cc1OC. The Kier molecular flexibility index (Phi) is 5.33. The molecule has 0 aliphatic heterocycles. The van der Waals surface area contributed by atoms with Gasteiger partial charge in [-0.15, -0.1) is 10.2 Å². The van der Waals surface area contributed by atoms with Crippen LogP contribution in [0.3, 0.4) is 0 Å². The first-order valence-corrected chi connectivity index (χ1v) is 7.62. The number of carbonyl (C=O) groups is 1. The van der Waals surface area contributed by atoms with E-state index in [1.54, 1.807) is 50.6 Å². The lowest BCUT2D eigenvalue weighted by Crippen LogP contribution is -2.01. The van der Waals surface area contributed by atoms with E-state index in [0.29, 0.717) is 17.3 Å². The molecule has 8 nitrogen and oxygen atoms in total. The van der Waals surface area contributed by atoms with Gasteiger partial charge in [-0.1, -0.05) is 6.07 Å². The van der Waals surface area contributed by atoms with Crippen LogP contribution in [0.2, 0.25) is 0 Å². The highest BCUT2D eigenvalue weighted by Crippen LogP contribution is 2.28. The quantitative estimate of drug-likeness (QED) is 0.470. The Balaban J connectivity index is 1.56. The maximum Gasteiger partial charge on any atom is 0.331 e. The van der Waals surface area contributed by atoms with E-state index in [1.165, 1.54) is 12.3 Å². The zero-order chi connectivity index (χ0) is 18.4. The van der Waals surface area contributed by atoms with Crippen molar-refractivity contribution < 1.29 is 27.8 Å². The number of carbonyl (C=O) groups excluding carboxylic acids is 1. The van der Waals surface area contributed by atoms with Crippen LogP contribution in [0.15, 0.2) is 51.5 Å². The Bertz CT molecular complexity index is 898. The summed E-state index contributed by atoms with van der Waals surface area (Å²) in [5.41, 5.74) is 0.762. The number of benzene rings is 1. The van der Waals surface area contributed by atoms with Gasteiger partial charge in [0.15, 0.2) is 23.9 Å². The molecule has 3 aromatic rings. The molecule has 0 atom stereocenters. The van der Waals surface area contributed by atoms with E-state index in [2.05, 4.69) is 10.2 Å². The summed E-state index contributed by atoms with van der Waals surface area (Å²) in [4.78, 5) is 11.8. The van der Waals surface area contributed by atoms with Gasteiger partial charge in [-0.05, 0) is 35.9 Å². The number of methoxy groups -OCH3 is 2. The first kappa shape index (κ1) is 17.3. The lowest BCUT2D eigenvalue weighted by molar-refractivity contribution is -0.139. The zero-order valence-electron chi connectivity index (χ0n) is 14.2. The van der Waals surface area contributed by atoms with Crippen molar-refractivity contribution >= 4 is 12.0 Å². The van der Waals surface area contributed by atoms with Crippen molar-refractivity contribution in [2.24, 2.45) is 0 Å². The van der Waals surface area contributed by atoms with Crippen molar-refractivity contribution in [3.05, 3.63) is 54.1 Å². The number of hydrogen-bond donors (Lipinski definition) is 0. The molecule has 0 spiro atoms. The number of aromatic nitrogens is 2. The smallest absolute Gasteiger partial charge is 0.331 e. The highest BCUT2D eigenvalue weighted by molar-refractivity contribution is 5.87. The molecule has 1 aromatic carbocycles. The van der Waals surface area contributed by atoms with Crippen molar-refractivity contribution in [3.63, 3.8) is 0 Å². The molecule has 8 heteroatoms. The van der Waals surface area contributed by atoms with Crippen LogP contribution < -0.4 is 9.47 Å². The van der Waals surface area contributed by atoms with E-state index in [-0.39, 0.29) is 18.4 Å². The minimum absolute atomic E-state index is 0.136. The second kappa shape index (κ2) is 8.02. The van der Waals surface area contributed by atoms with Crippen LogP contribution in [-0.4, -0.2) is 30.4 Å². The molecular weight excluding hydrogens is 340 g/mol. The predicted molar refractivity (Wildman–Crippen MR) is 90.4 cm³/mol. The lowest BCUT2D eigenvalue weighted by Gasteiger charge is -2.07. The third kappa shape index (κ3) is 4.10. The maximum absolute atomic E-state index is 11.8. The molecule has 0 unspecified atom stereocenters. The largest absolute Gasteiger partial charge is 0.493 e. The average Bonchev–Trinajstić information content (AvgIpc) is 3.35. The van der Waals surface area contributed by atoms with Gasteiger partial charge in [0.2, 0.25) is 0 Å². The van der Waals surface area contributed by atoms with Crippen molar-refractivity contribution in [2.75, 3.05) is 14.2 Å². The molecule has 0 radical (unpaired) electrons. The van der Waals surface area contributed by atoms with Crippen molar-refractivity contribution in [3.8, 4) is 23.1 Å². The van der Waals surface area contributed by atoms with Gasteiger partial charge in [0.1, 0.15) is 0 Å². The summed E-state index contributed by atoms with van der Waals surface area (Å²) in [5.74, 6) is 1.47. The van der Waals surface area contributed by atoms with Crippen LogP contribution in [0.25, 0.3) is 17.7 Å². The fourth-order valence-electron chi connectivity index (χ4n) is 2.11. The van der Waals surface area contributed by atoms with Crippen LogP contribution in [-0.2, 0) is 16.1 Å². The van der Waals surface area contributed by atoms with Gasteiger partial charge in [-0.3, -0.25) is 0 Å². The van der Waals surface area contributed by atoms with E-state index in [0.717, 1.165) is 5.56 Å². The Hall–Kier alpha value is -3.55. The molecule has 3 rings (SSSR count). The van der Waals surface area contributed by atoms with Crippen LogP contribution >= 0.6 is 0 Å². The number of hydrogen-bond acceptors (Lipinski definition) is 8. The number of rotatable bonds is 7. The summed E-state index contributed by atoms with van der Waals surface area (Å²) in [5, 5.41) is 7.62. The van der Waals surface area contributed by atoms with Crippen LogP contribution in [0.4, 0.5) is 0 Å². The fraction of sp³-hybridized carbons (Fsp3) is 0.167.